The molecular formula is C23H29ClN2O7. The molecule has 1 aromatic carbocycles. The lowest BCUT2D eigenvalue weighted by Gasteiger charge is -2.61. The zero-order valence-electron chi connectivity index (χ0n) is 18.6. The van der Waals surface area contributed by atoms with Crippen LogP contribution in [0.3, 0.4) is 0 Å². The number of ether oxygens (including phenoxy) is 3. The number of nitrogens with two attached hydrogens (primary N) is 1. The van der Waals surface area contributed by atoms with Crippen LogP contribution in [0.2, 0.25) is 0 Å². The molecule has 0 aromatic heterocycles. The van der Waals surface area contributed by atoms with E-state index in [0.29, 0.717) is 18.6 Å². The average molecular weight is 481 g/mol. The predicted octanol–water partition coefficient (Wildman–Crippen LogP) is 0.915. The van der Waals surface area contributed by atoms with Crippen LogP contribution in [0.1, 0.15) is 37.3 Å². The number of phenols is 1. The number of rotatable bonds is 5. The number of piperidine rings is 1. The van der Waals surface area contributed by atoms with Gasteiger partial charge in [-0.15, -0.1) is 12.4 Å². The minimum Gasteiger partial charge on any atom is -0.504 e. The van der Waals surface area contributed by atoms with Crippen molar-refractivity contribution in [1.29, 1.82) is 0 Å². The van der Waals surface area contributed by atoms with Gasteiger partial charge in [0, 0.05) is 24.6 Å². The van der Waals surface area contributed by atoms with Crippen molar-refractivity contribution in [2.24, 2.45) is 5.73 Å². The maximum atomic E-state index is 12.7. The van der Waals surface area contributed by atoms with Gasteiger partial charge in [-0.1, -0.05) is 6.07 Å². The SMILES string of the molecule is CC(OC(=O)CCN)C(=O)OC1=CCC2(O)C3Cc4ccc(O)c5c4C2(CCN3C)C1O5.Cl. The second kappa shape index (κ2) is 8.16. The van der Waals surface area contributed by atoms with E-state index in [0.717, 1.165) is 17.7 Å². The molecule has 1 fully saturated rings. The third-order valence-electron chi connectivity index (χ3n) is 7.56. The molecule has 1 saturated heterocycles. The first-order chi connectivity index (χ1) is 15.2. The molecule has 5 rings (SSSR count). The zero-order valence-corrected chi connectivity index (χ0v) is 19.4. The van der Waals surface area contributed by atoms with Gasteiger partial charge in [0.15, 0.2) is 23.7 Å². The van der Waals surface area contributed by atoms with Gasteiger partial charge >= 0.3 is 11.9 Å². The molecule has 180 valence electrons. The largest absolute Gasteiger partial charge is 0.504 e. The summed E-state index contributed by atoms with van der Waals surface area (Å²) in [4.78, 5) is 26.6. The molecule has 10 heteroatoms. The van der Waals surface area contributed by atoms with Gasteiger partial charge in [-0.2, -0.15) is 0 Å². The summed E-state index contributed by atoms with van der Waals surface area (Å²) in [6.45, 7) is 2.30. The van der Waals surface area contributed by atoms with Gasteiger partial charge in [-0.05, 0) is 51.1 Å². The number of aliphatic hydroxyl groups is 1. The van der Waals surface area contributed by atoms with Crippen LogP contribution < -0.4 is 10.5 Å². The first kappa shape index (κ1) is 23.8. The molecule has 33 heavy (non-hydrogen) atoms. The highest BCUT2D eigenvalue weighted by molar-refractivity contribution is 5.85. The molecule has 2 aliphatic heterocycles. The van der Waals surface area contributed by atoms with Crippen LogP contribution in [0.15, 0.2) is 24.0 Å². The van der Waals surface area contributed by atoms with E-state index in [1.54, 1.807) is 12.1 Å². The number of benzene rings is 1. The average Bonchev–Trinajstić information content (AvgIpc) is 3.10. The quantitative estimate of drug-likeness (QED) is 0.526. The van der Waals surface area contributed by atoms with Crippen molar-refractivity contribution >= 4 is 24.3 Å². The van der Waals surface area contributed by atoms with Gasteiger partial charge < -0.3 is 35.1 Å². The lowest BCUT2D eigenvalue weighted by Crippen LogP contribution is -2.74. The molecule has 1 spiro atoms. The Morgan fingerprint density at radius 2 is 2.15 bits per heavy atom. The highest BCUT2D eigenvalue weighted by Crippen LogP contribution is 2.65. The van der Waals surface area contributed by atoms with Crippen LogP contribution in [-0.2, 0) is 30.9 Å². The second-order valence-corrected chi connectivity index (χ2v) is 9.19. The summed E-state index contributed by atoms with van der Waals surface area (Å²) >= 11 is 0. The fourth-order valence-corrected chi connectivity index (χ4v) is 6.06. The van der Waals surface area contributed by atoms with E-state index in [1.165, 1.54) is 6.92 Å². The molecule has 2 heterocycles. The number of esters is 2. The van der Waals surface area contributed by atoms with Crippen molar-refractivity contribution in [2.75, 3.05) is 20.1 Å². The lowest BCUT2D eigenvalue weighted by atomic mass is 9.50. The second-order valence-electron chi connectivity index (χ2n) is 9.19. The minimum atomic E-state index is -1.13. The first-order valence-corrected chi connectivity index (χ1v) is 11.0. The highest BCUT2D eigenvalue weighted by Gasteiger charge is 2.72. The number of carbonyl (C=O) groups is 2. The van der Waals surface area contributed by atoms with E-state index >= 15 is 0 Å². The Hall–Kier alpha value is -2.33. The van der Waals surface area contributed by atoms with Crippen molar-refractivity contribution in [3.05, 3.63) is 35.1 Å². The maximum absolute atomic E-state index is 12.7. The predicted molar refractivity (Wildman–Crippen MR) is 119 cm³/mol. The van der Waals surface area contributed by atoms with Crippen LogP contribution in [0.25, 0.3) is 0 Å². The molecule has 5 unspecified atom stereocenters. The molecule has 0 radical (unpaired) electrons. The monoisotopic (exact) mass is 480 g/mol. The van der Waals surface area contributed by atoms with Gasteiger partial charge in [0.1, 0.15) is 5.76 Å². The maximum Gasteiger partial charge on any atom is 0.352 e. The number of aromatic hydroxyl groups is 1. The summed E-state index contributed by atoms with van der Waals surface area (Å²) in [6, 6.07) is 3.36. The molecule has 5 atom stereocenters. The summed E-state index contributed by atoms with van der Waals surface area (Å²) in [7, 11) is 2.00. The van der Waals surface area contributed by atoms with Gasteiger partial charge in [0.25, 0.3) is 0 Å². The van der Waals surface area contributed by atoms with E-state index in [4.69, 9.17) is 19.9 Å². The first-order valence-electron chi connectivity index (χ1n) is 11.0. The van der Waals surface area contributed by atoms with Crippen molar-refractivity contribution in [3.8, 4) is 11.5 Å². The van der Waals surface area contributed by atoms with Crippen molar-refractivity contribution in [2.45, 2.75) is 61.9 Å². The fourth-order valence-electron chi connectivity index (χ4n) is 6.06. The molecule has 0 saturated carbocycles. The Morgan fingerprint density at radius 3 is 2.88 bits per heavy atom. The highest BCUT2D eigenvalue weighted by atomic mass is 35.5. The van der Waals surface area contributed by atoms with Crippen molar-refractivity contribution in [3.63, 3.8) is 0 Å². The summed E-state index contributed by atoms with van der Waals surface area (Å²) in [5.41, 5.74) is 5.23. The normalized spacial score (nSPS) is 31.9. The third kappa shape index (κ3) is 3.17. The number of nitrogens with zero attached hydrogens (tertiary/aromatic N) is 1. The summed E-state index contributed by atoms with van der Waals surface area (Å²) in [6.07, 6.45) is 1.32. The Balaban J connectivity index is 0.00000259. The minimum absolute atomic E-state index is 0. The molecule has 4 aliphatic rings. The zero-order chi connectivity index (χ0) is 22.8. The number of likely N-dealkylation sites (N-methyl/N-ethyl adjacent to an activating group) is 1. The summed E-state index contributed by atoms with van der Waals surface area (Å²) in [5.74, 6) is -0.685. The van der Waals surface area contributed by atoms with Crippen LogP contribution in [0, 0.1) is 0 Å². The molecular weight excluding hydrogens is 452 g/mol. The van der Waals surface area contributed by atoms with Crippen LogP contribution in [0.4, 0.5) is 0 Å². The van der Waals surface area contributed by atoms with Crippen molar-refractivity contribution < 1.29 is 34.0 Å². The van der Waals surface area contributed by atoms with E-state index in [9.17, 15) is 19.8 Å². The smallest absolute Gasteiger partial charge is 0.352 e. The van der Waals surface area contributed by atoms with Crippen molar-refractivity contribution in [1.82, 2.24) is 4.90 Å². The number of hydrogen-bond acceptors (Lipinski definition) is 9. The van der Waals surface area contributed by atoms with E-state index in [1.807, 2.05) is 13.1 Å². The number of halogens is 1. The number of phenolic OH excluding ortho intramolecular Hbond substituents is 1. The Labute approximate surface area is 197 Å². The molecule has 9 nitrogen and oxygen atoms in total. The third-order valence-corrected chi connectivity index (χ3v) is 7.56. The summed E-state index contributed by atoms with van der Waals surface area (Å²) in [5, 5.41) is 22.6. The van der Waals surface area contributed by atoms with Gasteiger partial charge in [-0.25, -0.2) is 4.79 Å². The molecule has 2 bridgehead atoms. The topological polar surface area (TPSA) is 132 Å². The molecule has 1 aromatic rings. The van der Waals surface area contributed by atoms with E-state index in [2.05, 4.69) is 4.90 Å². The molecule has 4 N–H and O–H groups in total. The lowest BCUT2D eigenvalue weighted by molar-refractivity contribution is -0.175. The standard InChI is InChI=1S/C23H28N2O7.ClH/c1-12(30-17(27)6-9-24)21(28)31-15-5-7-23(29)16-11-13-3-4-14(26)19-18(13)22(23,20(15)32-19)8-10-25(16)2;/h3-5,12,16,20,26,29H,6-11,24H2,1-2H3;1H. The van der Waals surface area contributed by atoms with Crippen LogP contribution >= 0.6 is 12.4 Å². The summed E-state index contributed by atoms with van der Waals surface area (Å²) < 4.78 is 17.0. The van der Waals surface area contributed by atoms with E-state index < -0.39 is 35.2 Å². The molecule has 0 amide bonds. The Kier molecular flexibility index (Phi) is 5.89. The van der Waals surface area contributed by atoms with Gasteiger partial charge in [0.05, 0.1) is 17.4 Å². The van der Waals surface area contributed by atoms with Gasteiger partial charge in [-0.3, -0.25) is 4.79 Å². The van der Waals surface area contributed by atoms with Crippen LogP contribution in [0.5, 0.6) is 11.5 Å². The number of hydrogen-bond donors (Lipinski definition) is 3. The number of carbonyl (C=O) groups excluding carboxylic acids is 2. The Morgan fingerprint density at radius 1 is 1.39 bits per heavy atom. The Bertz CT molecular complexity index is 1030. The number of likely N-dealkylation sites (tertiary alicyclic amines) is 1. The van der Waals surface area contributed by atoms with Gasteiger partial charge in [0.2, 0.25) is 0 Å². The van der Waals surface area contributed by atoms with Crippen LogP contribution in [-0.4, -0.2) is 71.0 Å². The molecule has 2 aliphatic carbocycles. The fraction of sp³-hybridized carbons (Fsp3) is 0.565. The van der Waals surface area contributed by atoms with E-state index in [-0.39, 0.29) is 49.3 Å².